The summed E-state index contributed by atoms with van der Waals surface area (Å²) in [6.45, 7) is 1.46. The van der Waals surface area contributed by atoms with E-state index in [0.29, 0.717) is 17.8 Å². The largest absolute Gasteiger partial charge is 0.326 e. The third kappa shape index (κ3) is 5.69. The summed E-state index contributed by atoms with van der Waals surface area (Å²) in [7, 11) is 0. The Hall–Kier alpha value is -2.14. The van der Waals surface area contributed by atoms with Crippen molar-refractivity contribution in [3.8, 4) is 0 Å². The molecule has 2 N–H and O–H groups in total. The summed E-state index contributed by atoms with van der Waals surface area (Å²) in [6, 6.07) is 11.3. The lowest BCUT2D eigenvalue weighted by Crippen LogP contribution is -2.12. The van der Waals surface area contributed by atoms with Gasteiger partial charge in [-0.1, -0.05) is 12.1 Å². The number of carbonyl (C=O) groups is 2. The van der Waals surface area contributed by atoms with Crippen molar-refractivity contribution in [2.45, 2.75) is 32.6 Å². The molecule has 0 atom stereocenters. The van der Waals surface area contributed by atoms with Gasteiger partial charge < -0.3 is 10.6 Å². The molecule has 1 heterocycles. The summed E-state index contributed by atoms with van der Waals surface area (Å²) in [6.07, 6.45) is 3.42. The Balaban J connectivity index is 1.73. The summed E-state index contributed by atoms with van der Waals surface area (Å²) in [5, 5.41) is 7.63. The van der Waals surface area contributed by atoms with Crippen LogP contribution in [0.4, 0.5) is 11.4 Å². The molecular weight excluding hydrogens is 296 g/mol. The number of unbranched alkanes of at least 4 members (excludes halogenated alkanes) is 1. The molecule has 0 saturated carbocycles. The van der Waals surface area contributed by atoms with E-state index < -0.39 is 0 Å². The van der Waals surface area contributed by atoms with Crippen molar-refractivity contribution in [1.29, 1.82) is 0 Å². The van der Waals surface area contributed by atoms with Crippen LogP contribution in [0.25, 0.3) is 0 Å². The van der Waals surface area contributed by atoms with Gasteiger partial charge in [0.2, 0.25) is 11.8 Å². The van der Waals surface area contributed by atoms with E-state index in [2.05, 4.69) is 28.1 Å². The van der Waals surface area contributed by atoms with E-state index in [0.717, 1.165) is 19.3 Å². The minimum absolute atomic E-state index is 0.00570. The quantitative estimate of drug-likeness (QED) is 0.757. The Kier molecular flexibility index (Phi) is 6.15. The number of aryl methyl sites for hydroxylation is 1. The predicted octanol–water partition coefficient (Wildman–Crippen LogP) is 4.06. The van der Waals surface area contributed by atoms with E-state index >= 15 is 0 Å². The number of anilines is 2. The number of hydrogen-bond acceptors (Lipinski definition) is 3. The van der Waals surface area contributed by atoms with Crippen molar-refractivity contribution in [1.82, 2.24) is 0 Å². The first-order valence-electron chi connectivity index (χ1n) is 7.33. The van der Waals surface area contributed by atoms with E-state index in [1.165, 1.54) is 11.8 Å². The van der Waals surface area contributed by atoms with Crippen LogP contribution in [-0.4, -0.2) is 11.8 Å². The van der Waals surface area contributed by atoms with E-state index in [9.17, 15) is 9.59 Å². The van der Waals surface area contributed by atoms with Gasteiger partial charge in [0.15, 0.2) is 0 Å². The Morgan fingerprint density at radius 1 is 1.05 bits per heavy atom. The van der Waals surface area contributed by atoms with Crippen LogP contribution in [0.3, 0.4) is 0 Å². The molecule has 0 bridgehead atoms. The fourth-order valence-electron chi connectivity index (χ4n) is 2.14. The van der Waals surface area contributed by atoms with Crippen LogP contribution in [0.2, 0.25) is 0 Å². The molecule has 0 radical (unpaired) electrons. The lowest BCUT2D eigenvalue weighted by atomic mass is 10.1. The highest BCUT2D eigenvalue weighted by Crippen LogP contribution is 2.16. The number of rotatable bonds is 7. The van der Waals surface area contributed by atoms with Gasteiger partial charge >= 0.3 is 0 Å². The highest BCUT2D eigenvalue weighted by molar-refractivity contribution is 7.09. The van der Waals surface area contributed by atoms with Crippen LogP contribution in [0.15, 0.2) is 41.8 Å². The minimum atomic E-state index is -0.128. The average molecular weight is 316 g/mol. The monoisotopic (exact) mass is 316 g/mol. The van der Waals surface area contributed by atoms with Crippen LogP contribution in [-0.2, 0) is 16.0 Å². The average Bonchev–Trinajstić information content (AvgIpc) is 2.96. The zero-order valence-electron chi connectivity index (χ0n) is 12.6. The molecule has 1 aromatic heterocycles. The van der Waals surface area contributed by atoms with Crippen molar-refractivity contribution in [2.24, 2.45) is 0 Å². The third-order valence-corrected chi connectivity index (χ3v) is 4.06. The van der Waals surface area contributed by atoms with Crippen molar-refractivity contribution in [3.63, 3.8) is 0 Å². The summed E-state index contributed by atoms with van der Waals surface area (Å²) in [4.78, 5) is 24.3. The SMILES string of the molecule is CC(=O)Nc1cccc(NC(=O)CCCCc2cccs2)c1. The molecule has 4 nitrogen and oxygen atoms in total. The predicted molar refractivity (Wildman–Crippen MR) is 91.2 cm³/mol. The molecule has 1 aromatic carbocycles. The maximum absolute atomic E-state index is 11.9. The fourth-order valence-corrected chi connectivity index (χ4v) is 2.89. The number of carbonyl (C=O) groups excluding carboxylic acids is 2. The molecule has 2 rings (SSSR count). The van der Waals surface area contributed by atoms with Crippen LogP contribution in [0, 0.1) is 0 Å². The van der Waals surface area contributed by atoms with Crippen molar-refractivity contribution < 1.29 is 9.59 Å². The maximum atomic E-state index is 11.9. The second-order valence-electron chi connectivity index (χ2n) is 5.10. The number of benzene rings is 1. The third-order valence-electron chi connectivity index (χ3n) is 3.12. The molecule has 0 unspecified atom stereocenters. The van der Waals surface area contributed by atoms with Crippen molar-refractivity contribution in [2.75, 3.05) is 10.6 Å². The lowest BCUT2D eigenvalue weighted by molar-refractivity contribution is -0.116. The summed E-state index contributed by atoms with van der Waals surface area (Å²) >= 11 is 1.76. The number of thiophene rings is 1. The van der Waals surface area contributed by atoms with E-state index in [4.69, 9.17) is 0 Å². The molecule has 0 aliphatic heterocycles. The second-order valence-corrected chi connectivity index (χ2v) is 6.13. The molecule has 2 aromatic rings. The van der Waals surface area contributed by atoms with Crippen molar-refractivity contribution in [3.05, 3.63) is 46.7 Å². The van der Waals surface area contributed by atoms with E-state index in [-0.39, 0.29) is 11.8 Å². The summed E-state index contributed by atoms with van der Waals surface area (Å²) in [5.41, 5.74) is 1.39. The van der Waals surface area contributed by atoms with Gasteiger partial charge in [0, 0.05) is 29.6 Å². The van der Waals surface area contributed by atoms with Gasteiger partial charge in [-0.25, -0.2) is 0 Å². The molecule has 5 heteroatoms. The number of nitrogens with one attached hydrogen (secondary N) is 2. The van der Waals surface area contributed by atoms with Crippen LogP contribution in [0.1, 0.15) is 31.1 Å². The zero-order chi connectivity index (χ0) is 15.8. The number of hydrogen-bond donors (Lipinski definition) is 2. The molecular formula is C17H20N2O2S. The summed E-state index contributed by atoms with van der Waals surface area (Å²) in [5.74, 6) is -0.122. The highest BCUT2D eigenvalue weighted by Gasteiger charge is 2.04. The summed E-state index contributed by atoms with van der Waals surface area (Å²) < 4.78 is 0. The molecule has 116 valence electrons. The van der Waals surface area contributed by atoms with Gasteiger partial charge in [0.25, 0.3) is 0 Å². The molecule has 0 aliphatic carbocycles. The topological polar surface area (TPSA) is 58.2 Å². The van der Waals surface area contributed by atoms with Gasteiger partial charge in [-0.2, -0.15) is 0 Å². The smallest absolute Gasteiger partial charge is 0.224 e. The normalized spacial score (nSPS) is 10.2. The zero-order valence-corrected chi connectivity index (χ0v) is 13.4. The standard InChI is InChI=1S/C17H20N2O2S/c1-13(20)18-14-6-4-7-15(12-14)19-17(21)10-3-2-8-16-9-5-11-22-16/h4-7,9,11-12H,2-3,8,10H2,1H3,(H,18,20)(H,19,21). The Labute approximate surface area is 134 Å². The van der Waals surface area contributed by atoms with Gasteiger partial charge in [0.1, 0.15) is 0 Å². The molecule has 0 saturated heterocycles. The van der Waals surface area contributed by atoms with Gasteiger partial charge in [-0.05, 0) is 48.9 Å². The minimum Gasteiger partial charge on any atom is -0.326 e. The first-order chi connectivity index (χ1) is 10.6. The molecule has 0 aliphatic rings. The molecule has 0 spiro atoms. The van der Waals surface area contributed by atoms with Crippen LogP contribution >= 0.6 is 11.3 Å². The van der Waals surface area contributed by atoms with E-state index in [1.54, 1.807) is 29.5 Å². The van der Waals surface area contributed by atoms with Crippen LogP contribution < -0.4 is 10.6 Å². The van der Waals surface area contributed by atoms with Gasteiger partial charge in [0.05, 0.1) is 0 Å². The van der Waals surface area contributed by atoms with Gasteiger partial charge in [-0.15, -0.1) is 11.3 Å². The molecule has 0 fully saturated rings. The van der Waals surface area contributed by atoms with Crippen molar-refractivity contribution >= 4 is 34.5 Å². The molecule has 2 amide bonds. The highest BCUT2D eigenvalue weighted by atomic mass is 32.1. The lowest BCUT2D eigenvalue weighted by Gasteiger charge is -2.07. The fraction of sp³-hybridized carbons (Fsp3) is 0.294. The van der Waals surface area contributed by atoms with Crippen LogP contribution in [0.5, 0.6) is 0 Å². The van der Waals surface area contributed by atoms with E-state index in [1.807, 2.05) is 6.07 Å². The van der Waals surface area contributed by atoms with Gasteiger partial charge in [-0.3, -0.25) is 9.59 Å². The number of amides is 2. The second kappa shape index (κ2) is 8.34. The first-order valence-corrected chi connectivity index (χ1v) is 8.21. The maximum Gasteiger partial charge on any atom is 0.224 e. The first kappa shape index (κ1) is 16.2. The Bertz CT molecular complexity index is 623. The molecule has 22 heavy (non-hydrogen) atoms. The Morgan fingerprint density at radius 3 is 2.50 bits per heavy atom. The Morgan fingerprint density at radius 2 is 1.82 bits per heavy atom.